The average molecular weight is 370 g/mol. The van der Waals surface area contributed by atoms with E-state index in [0.717, 1.165) is 5.56 Å². The zero-order valence-corrected chi connectivity index (χ0v) is 14.6. The first-order valence-corrected chi connectivity index (χ1v) is 8.74. The maximum Gasteiger partial charge on any atom is 0.339 e. The molecule has 0 spiro atoms. The lowest BCUT2D eigenvalue weighted by atomic mass is 10.2. The first kappa shape index (κ1) is 18.3. The molecule has 1 N–H and O–H groups in total. The molecular weight excluding hydrogens is 354 g/mol. The normalized spacial score (nSPS) is 11.1. The molecule has 0 bridgehead atoms. The number of halogens is 1. The van der Waals surface area contributed by atoms with Crippen molar-refractivity contribution >= 4 is 27.6 Å². The maximum absolute atomic E-state index is 12.4. The van der Waals surface area contributed by atoms with Gasteiger partial charge in [0.2, 0.25) is 10.0 Å². The van der Waals surface area contributed by atoms with E-state index in [9.17, 15) is 13.2 Å². The largest absolute Gasteiger partial charge is 0.497 e. The van der Waals surface area contributed by atoms with Crippen molar-refractivity contribution in [1.82, 2.24) is 4.72 Å². The van der Waals surface area contributed by atoms with Gasteiger partial charge in [-0.1, -0.05) is 23.7 Å². The third kappa shape index (κ3) is 4.25. The Labute approximate surface area is 145 Å². The Hall–Kier alpha value is -2.09. The fourth-order valence-electron chi connectivity index (χ4n) is 1.98. The highest BCUT2D eigenvalue weighted by Gasteiger charge is 2.19. The number of ether oxygens (including phenoxy) is 2. The Bertz CT molecular complexity index is 851. The number of nitrogens with one attached hydrogen (secondary N) is 1. The van der Waals surface area contributed by atoms with Gasteiger partial charge in [0.05, 0.1) is 29.7 Å². The molecule has 0 saturated heterocycles. The monoisotopic (exact) mass is 369 g/mol. The predicted octanol–water partition coefficient (Wildman–Crippen LogP) is 2.61. The van der Waals surface area contributed by atoms with Crippen molar-refractivity contribution < 1.29 is 22.7 Å². The fraction of sp³-hybridized carbons (Fsp3) is 0.188. The van der Waals surface area contributed by atoms with Crippen LogP contribution < -0.4 is 9.46 Å². The Morgan fingerprint density at radius 2 is 1.92 bits per heavy atom. The molecule has 24 heavy (non-hydrogen) atoms. The van der Waals surface area contributed by atoms with Crippen molar-refractivity contribution in [3.05, 3.63) is 58.6 Å². The topological polar surface area (TPSA) is 81.7 Å². The minimum Gasteiger partial charge on any atom is -0.497 e. The molecule has 0 saturated carbocycles. The Kier molecular flexibility index (Phi) is 5.82. The molecule has 0 heterocycles. The van der Waals surface area contributed by atoms with Gasteiger partial charge in [0, 0.05) is 6.54 Å². The molecule has 0 radical (unpaired) electrons. The van der Waals surface area contributed by atoms with Crippen LogP contribution in [0.2, 0.25) is 5.02 Å². The lowest BCUT2D eigenvalue weighted by molar-refractivity contribution is 0.0600. The zero-order valence-electron chi connectivity index (χ0n) is 13.1. The summed E-state index contributed by atoms with van der Waals surface area (Å²) in [5.74, 6) is -0.0731. The standard InChI is InChI=1S/C16H16ClNO5S/c1-22-12-5-3-4-11(8-12)10-18-24(20,21)13-6-7-15(17)14(9-13)16(19)23-2/h3-9,18H,10H2,1-2H3. The number of sulfonamides is 1. The summed E-state index contributed by atoms with van der Waals surface area (Å²) in [5, 5.41) is 0.119. The van der Waals surface area contributed by atoms with Gasteiger partial charge in [-0.05, 0) is 35.9 Å². The van der Waals surface area contributed by atoms with E-state index >= 15 is 0 Å². The first-order valence-electron chi connectivity index (χ1n) is 6.88. The minimum atomic E-state index is -3.82. The molecule has 0 fully saturated rings. The van der Waals surface area contributed by atoms with E-state index in [2.05, 4.69) is 9.46 Å². The van der Waals surface area contributed by atoms with Crippen LogP contribution in [0.3, 0.4) is 0 Å². The van der Waals surface area contributed by atoms with Gasteiger partial charge in [-0.25, -0.2) is 17.9 Å². The lowest BCUT2D eigenvalue weighted by Gasteiger charge is -2.10. The molecule has 0 aromatic heterocycles. The van der Waals surface area contributed by atoms with E-state index in [-0.39, 0.29) is 22.0 Å². The summed E-state index contributed by atoms with van der Waals surface area (Å²) in [6, 6.07) is 10.9. The van der Waals surface area contributed by atoms with Crippen molar-refractivity contribution in [2.24, 2.45) is 0 Å². The van der Waals surface area contributed by atoms with E-state index < -0.39 is 16.0 Å². The summed E-state index contributed by atoms with van der Waals surface area (Å²) in [7, 11) is -1.09. The molecule has 0 aliphatic heterocycles. The smallest absolute Gasteiger partial charge is 0.339 e. The lowest BCUT2D eigenvalue weighted by Crippen LogP contribution is -2.23. The molecule has 0 aliphatic rings. The quantitative estimate of drug-likeness (QED) is 0.791. The van der Waals surface area contributed by atoms with E-state index in [4.69, 9.17) is 16.3 Å². The van der Waals surface area contributed by atoms with Crippen LogP contribution in [0.1, 0.15) is 15.9 Å². The third-order valence-electron chi connectivity index (χ3n) is 3.25. The number of hydrogen-bond acceptors (Lipinski definition) is 5. The maximum atomic E-state index is 12.4. The Morgan fingerprint density at radius 3 is 2.58 bits per heavy atom. The Morgan fingerprint density at radius 1 is 1.17 bits per heavy atom. The van der Waals surface area contributed by atoms with Gasteiger partial charge in [0.1, 0.15) is 5.75 Å². The second-order valence-corrected chi connectivity index (χ2v) is 6.98. The van der Waals surface area contributed by atoms with Gasteiger partial charge in [-0.2, -0.15) is 0 Å². The van der Waals surface area contributed by atoms with Crippen molar-refractivity contribution in [3.63, 3.8) is 0 Å². The molecule has 0 atom stereocenters. The first-order chi connectivity index (χ1) is 11.4. The van der Waals surface area contributed by atoms with Crippen molar-refractivity contribution in [2.75, 3.05) is 14.2 Å². The molecule has 8 heteroatoms. The van der Waals surface area contributed by atoms with E-state index in [1.807, 2.05) is 0 Å². The second-order valence-electron chi connectivity index (χ2n) is 4.81. The van der Waals surface area contributed by atoms with Crippen LogP contribution in [0.4, 0.5) is 0 Å². The minimum absolute atomic E-state index is 0.0107. The number of benzene rings is 2. The molecular formula is C16H16ClNO5S. The molecule has 2 aromatic carbocycles. The summed E-state index contributed by atoms with van der Waals surface area (Å²) in [6.45, 7) is 0.0791. The van der Waals surface area contributed by atoms with Gasteiger partial charge >= 0.3 is 5.97 Å². The van der Waals surface area contributed by atoms with E-state index in [1.54, 1.807) is 24.3 Å². The number of esters is 1. The van der Waals surface area contributed by atoms with Gasteiger partial charge in [0.25, 0.3) is 0 Å². The van der Waals surface area contributed by atoms with Gasteiger partial charge in [0.15, 0.2) is 0 Å². The van der Waals surface area contributed by atoms with Crippen LogP contribution in [-0.4, -0.2) is 28.6 Å². The number of rotatable bonds is 6. The summed E-state index contributed by atoms with van der Waals surface area (Å²) in [5.41, 5.74) is 0.725. The molecule has 0 amide bonds. The second kappa shape index (κ2) is 7.65. The van der Waals surface area contributed by atoms with Crippen LogP contribution in [-0.2, 0) is 21.3 Å². The van der Waals surface area contributed by atoms with Crippen LogP contribution in [0.5, 0.6) is 5.75 Å². The van der Waals surface area contributed by atoms with Crippen LogP contribution in [0.15, 0.2) is 47.4 Å². The highest BCUT2D eigenvalue weighted by atomic mass is 35.5. The SMILES string of the molecule is COC(=O)c1cc(S(=O)(=O)NCc2cccc(OC)c2)ccc1Cl. The van der Waals surface area contributed by atoms with Gasteiger partial charge in [-0.3, -0.25) is 0 Å². The number of carbonyl (C=O) groups excluding carboxylic acids is 1. The van der Waals surface area contributed by atoms with Crippen molar-refractivity contribution in [2.45, 2.75) is 11.4 Å². The molecule has 2 rings (SSSR count). The third-order valence-corrected chi connectivity index (χ3v) is 4.98. The van der Waals surface area contributed by atoms with Crippen LogP contribution in [0, 0.1) is 0 Å². The Balaban J connectivity index is 2.22. The molecule has 0 aliphatic carbocycles. The van der Waals surface area contributed by atoms with Crippen LogP contribution in [0.25, 0.3) is 0 Å². The molecule has 2 aromatic rings. The summed E-state index contributed by atoms with van der Waals surface area (Å²) in [6.07, 6.45) is 0. The van der Waals surface area contributed by atoms with Gasteiger partial charge < -0.3 is 9.47 Å². The number of hydrogen-bond donors (Lipinski definition) is 1. The molecule has 128 valence electrons. The fourth-order valence-corrected chi connectivity index (χ4v) is 3.22. The van der Waals surface area contributed by atoms with Crippen LogP contribution >= 0.6 is 11.6 Å². The highest BCUT2D eigenvalue weighted by molar-refractivity contribution is 7.89. The van der Waals surface area contributed by atoms with E-state index in [1.165, 1.54) is 32.4 Å². The number of carbonyl (C=O) groups is 1. The van der Waals surface area contributed by atoms with Crippen molar-refractivity contribution in [3.8, 4) is 5.75 Å². The zero-order chi connectivity index (χ0) is 17.7. The van der Waals surface area contributed by atoms with Gasteiger partial charge in [-0.15, -0.1) is 0 Å². The molecule has 0 unspecified atom stereocenters. The number of methoxy groups -OCH3 is 2. The highest BCUT2D eigenvalue weighted by Crippen LogP contribution is 2.21. The van der Waals surface area contributed by atoms with E-state index in [0.29, 0.717) is 5.75 Å². The molecule has 6 nitrogen and oxygen atoms in total. The summed E-state index contributed by atoms with van der Waals surface area (Å²) in [4.78, 5) is 11.6. The van der Waals surface area contributed by atoms with Crippen molar-refractivity contribution in [1.29, 1.82) is 0 Å². The average Bonchev–Trinajstić information content (AvgIpc) is 2.59. The summed E-state index contributed by atoms with van der Waals surface area (Å²) < 4.78 is 36.9. The predicted molar refractivity (Wildman–Crippen MR) is 89.8 cm³/mol. The summed E-state index contributed by atoms with van der Waals surface area (Å²) >= 11 is 5.90.